The van der Waals surface area contributed by atoms with Gasteiger partial charge < -0.3 is 15.5 Å². The molecular weight excluding hydrogens is 378 g/mol. The average molecular weight is 401 g/mol. The first-order valence-electron chi connectivity index (χ1n) is 9.27. The summed E-state index contributed by atoms with van der Waals surface area (Å²) >= 11 is 0. The van der Waals surface area contributed by atoms with Gasteiger partial charge in [0.15, 0.2) is 12.2 Å². The first-order valence-corrected chi connectivity index (χ1v) is 9.27. The fourth-order valence-corrected chi connectivity index (χ4v) is 2.85. The molecule has 30 heavy (non-hydrogen) atoms. The molecule has 0 atom stereocenters. The molecule has 2 aromatic carbocycles. The van der Waals surface area contributed by atoms with Crippen molar-refractivity contribution in [2.75, 3.05) is 5.32 Å². The second-order valence-electron chi connectivity index (χ2n) is 6.56. The topological polar surface area (TPSA) is 106 Å². The Morgan fingerprint density at radius 3 is 2.57 bits per heavy atom. The fraction of sp³-hybridized carbons (Fsp3) is 0.0870. The van der Waals surface area contributed by atoms with Gasteiger partial charge in [0.1, 0.15) is 5.84 Å². The van der Waals surface area contributed by atoms with Crippen molar-refractivity contribution in [2.24, 2.45) is 10.7 Å². The first-order chi connectivity index (χ1) is 14.5. The molecule has 0 aliphatic rings. The Bertz CT molecular complexity index is 1100. The number of amides is 2. The molecule has 2 amide bonds. The first kappa shape index (κ1) is 20.6. The molecule has 0 unspecified atom stereocenters. The molecule has 0 radical (unpaired) electrons. The highest BCUT2D eigenvalue weighted by atomic mass is 16.3. The lowest BCUT2D eigenvalue weighted by Gasteiger charge is -2.11. The standard InChI is InChI=1S/C23H23N5O2/c1-4-26-22(16(3)12-24)28-23(29)27-19-9-7-17(8-10-19)20-11-18(6-5-15(20)2)21-13-25-14-30-21/h4-14H,1,24H2,2-3H3,(H2,26,27,28,29)/b16-12-. The number of rotatable bonds is 5. The van der Waals surface area contributed by atoms with Gasteiger partial charge >= 0.3 is 6.03 Å². The average Bonchev–Trinajstić information content (AvgIpc) is 3.29. The molecule has 0 bridgehead atoms. The van der Waals surface area contributed by atoms with Gasteiger partial charge in [-0.1, -0.05) is 30.8 Å². The van der Waals surface area contributed by atoms with Crippen molar-refractivity contribution in [2.45, 2.75) is 13.8 Å². The van der Waals surface area contributed by atoms with Crippen molar-refractivity contribution in [3.8, 4) is 22.5 Å². The number of carbonyl (C=O) groups excluding carboxylic acids is 1. The minimum atomic E-state index is -0.423. The van der Waals surface area contributed by atoms with Gasteiger partial charge in [0.25, 0.3) is 0 Å². The van der Waals surface area contributed by atoms with Crippen LogP contribution in [0.1, 0.15) is 12.5 Å². The summed E-state index contributed by atoms with van der Waals surface area (Å²) in [5, 5.41) is 5.44. The van der Waals surface area contributed by atoms with E-state index in [9.17, 15) is 4.79 Å². The van der Waals surface area contributed by atoms with E-state index in [1.807, 2.05) is 43.3 Å². The SMILES string of the molecule is C=CN=C(NC(=O)Nc1ccc(-c2cc(-c3cnco3)ccc2C)cc1)/C(C)=C\N. The number of nitrogens with zero attached hydrogens (tertiary/aromatic N) is 2. The van der Waals surface area contributed by atoms with Crippen LogP contribution in [0.3, 0.4) is 0 Å². The summed E-state index contributed by atoms with van der Waals surface area (Å²) in [4.78, 5) is 20.3. The molecule has 152 valence electrons. The molecule has 0 saturated heterocycles. The van der Waals surface area contributed by atoms with Crippen molar-refractivity contribution >= 4 is 17.6 Å². The maximum Gasteiger partial charge on any atom is 0.324 e. The van der Waals surface area contributed by atoms with Crippen LogP contribution in [0.4, 0.5) is 10.5 Å². The molecule has 0 fully saturated rings. The van der Waals surface area contributed by atoms with Gasteiger partial charge in [0, 0.05) is 29.2 Å². The number of benzene rings is 2. The predicted octanol–water partition coefficient (Wildman–Crippen LogP) is 4.84. The molecule has 1 aromatic heterocycles. The monoisotopic (exact) mass is 401 g/mol. The van der Waals surface area contributed by atoms with Crippen molar-refractivity contribution in [1.29, 1.82) is 0 Å². The van der Waals surface area contributed by atoms with Gasteiger partial charge in [-0.2, -0.15) is 0 Å². The number of nitrogens with one attached hydrogen (secondary N) is 2. The smallest absolute Gasteiger partial charge is 0.324 e. The van der Waals surface area contributed by atoms with E-state index in [1.165, 1.54) is 18.8 Å². The largest absolute Gasteiger partial charge is 0.444 e. The van der Waals surface area contributed by atoms with E-state index in [0.717, 1.165) is 22.3 Å². The third-order valence-corrected chi connectivity index (χ3v) is 4.48. The maximum absolute atomic E-state index is 12.3. The maximum atomic E-state index is 12.3. The normalized spacial score (nSPS) is 11.8. The Hall–Kier alpha value is -4.13. The van der Waals surface area contributed by atoms with E-state index in [0.29, 0.717) is 22.9 Å². The molecule has 7 nitrogen and oxygen atoms in total. The van der Waals surface area contributed by atoms with Crippen molar-refractivity contribution in [3.05, 3.63) is 85.2 Å². The molecule has 7 heteroatoms. The van der Waals surface area contributed by atoms with Crippen LogP contribution >= 0.6 is 0 Å². The summed E-state index contributed by atoms with van der Waals surface area (Å²) in [6.45, 7) is 7.33. The number of oxazole rings is 1. The van der Waals surface area contributed by atoms with Crippen LogP contribution in [0, 0.1) is 6.92 Å². The van der Waals surface area contributed by atoms with Gasteiger partial charge in [-0.25, -0.2) is 14.8 Å². The third-order valence-electron chi connectivity index (χ3n) is 4.48. The Kier molecular flexibility index (Phi) is 6.44. The van der Waals surface area contributed by atoms with Gasteiger partial charge in [0.2, 0.25) is 0 Å². The van der Waals surface area contributed by atoms with Gasteiger partial charge in [-0.3, -0.25) is 5.32 Å². The summed E-state index contributed by atoms with van der Waals surface area (Å²) < 4.78 is 5.39. The molecule has 0 saturated carbocycles. The summed E-state index contributed by atoms with van der Waals surface area (Å²) in [6.07, 6.45) is 5.81. The number of anilines is 1. The molecule has 3 aromatic rings. The molecule has 0 aliphatic heterocycles. The Morgan fingerprint density at radius 2 is 1.93 bits per heavy atom. The summed E-state index contributed by atoms with van der Waals surface area (Å²) in [6, 6.07) is 13.3. The highest BCUT2D eigenvalue weighted by Crippen LogP contribution is 2.30. The Balaban J connectivity index is 1.76. The quantitative estimate of drug-likeness (QED) is 0.420. The van der Waals surface area contributed by atoms with Crippen LogP contribution in [-0.2, 0) is 0 Å². The zero-order valence-electron chi connectivity index (χ0n) is 16.8. The number of amidine groups is 1. The second kappa shape index (κ2) is 9.38. The van der Waals surface area contributed by atoms with Crippen LogP contribution in [-0.4, -0.2) is 16.9 Å². The molecule has 1 heterocycles. The van der Waals surface area contributed by atoms with Gasteiger partial charge in [-0.15, -0.1) is 0 Å². The number of aromatic nitrogens is 1. The number of aliphatic imine (C=N–C) groups is 1. The molecule has 4 N–H and O–H groups in total. The Morgan fingerprint density at radius 1 is 1.20 bits per heavy atom. The summed E-state index contributed by atoms with van der Waals surface area (Å²) in [5.74, 6) is 1.05. The molecule has 0 spiro atoms. The van der Waals surface area contributed by atoms with Gasteiger partial charge in [0.05, 0.1) is 6.20 Å². The van der Waals surface area contributed by atoms with Crippen molar-refractivity contribution in [3.63, 3.8) is 0 Å². The highest BCUT2D eigenvalue weighted by molar-refractivity contribution is 6.10. The van der Waals surface area contributed by atoms with E-state index in [2.05, 4.69) is 33.3 Å². The minimum Gasteiger partial charge on any atom is -0.444 e. The lowest BCUT2D eigenvalue weighted by atomic mass is 9.97. The molecule has 3 rings (SSSR count). The van der Waals surface area contributed by atoms with Crippen LogP contribution in [0.15, 0.2) is 89.0 Å². The number of hydrogen-bond acceptors (Lipinski definition) is 5. The minimum absolute atomic E-state index is 0.335. The van der Waals surface area contributed by atoms with Crippen molar-refractivity contribution in [1.82, 2.24) is 10.3 Å². The van der Waals surface area contributed by atoms with Crippen LogP contribution < -0.4 is 16.4 Å². The van der Waals surface area contributed by atoms with E-state index in [-0.39, 0.29) is 0 Å². The van der Waals surface area contributed by atoms with Crippen molar-refractivity contribution < 1.29 is 9.21 Å². The van der Waals surface area contributed by atoms with E-state index < -0.39 is 6.03 Å². The number of hydrogen-bond donors (Lipinski definition) is 3. The van der Waals surface area contributed by atoms with Crippen LogP contribution in [0.5, 0.6) is 0 Å². The van der Waals surface area contributed by atoms with E-state index >= 15 is 0 Å². The molecular formula is C23H23N5O2. The van der Waals surface area contributed by atoms with E-state index in [1.54, 1.807) is 13.1 Å². The zero-order valence-corrected chi connectivity index (χ0v) is 16.8. The van der Waals surface area contributed by atoms with Gasteiger partial charge in [-0.05, 0) is 48.7 Å². The number of aryl methyl sites for hydroxylation is 1. The number of nitrogens with two attached hydrogens (primary N) is 1. The fourth-order valence-electron chi connectivity index (χ4n) is 2.85. The summed E-state index contributed by atoms with van der Waals surface area (Å²) in [7, 11) is 0. The number of carbonyl (C=O) groups is 1. The Labute approximate surface area is 175 Å². The lowest BCUT2D eigenvalue weighted by molar-refractivity contribution is 0.256. The highest BCUT2D eigenvalue weighted by Gasteiger charge is 2.10. The zero-order chi connectivity index (χ0) is 21.5. The van der Waals surface area contributed by atoms with E-state index in [4.69, 9.17) is 10.2 Å². The number of urea groups is 1. The lowest BCUT2D eigenvalue weighted by Crippen LogP contribution is -2.35. The second-order valence-corrected chi connectivity index (χ2v) is 6.56. The van der Waals surface area contributed by atoms with Crippen LogP contribution in [0.25, 0.3) is 22.5 Å². The van der Waals surface area contributed by atoms with Crippen LogP contribution in [0.2, 0.25) is 0 Å². The predicted molar refractivity (Wildman–Crippen MR) is 120 cm³/mol. The third kappa shape index (κ3) is 4.82. The molecule has 0 aliphatic carbocycles. The summed E-state index contributed by atoms with van der Waals surface area (Å²) in [5.41, 5.74) is 11.0.